The number of thiophene rings is 2. The van der Waals surface area contributed by atoms with E-state index in [0.717, 1.165) is 127 Å². The zero-order valence-electron chi connectivity index (χ0n) is 45.0. The highest BCUT2D eigenvalue weighted by Gasteiger charge is 2.45. The summed E-state index contributed by atoms with van der Waals surface area (Å²) in [5, 5.41) is 2.55. The number of ether oxygens (including phenoxy) is 3. The first-order valence-electron chi connectivity index (χ1n) is 27.1. The first-order valence-corrected chi connectivity index (χ1v) is 30.2. The van der Waals surface area contributed by atoms with Gasteiger partial charge in [-0.2, -0.15) is 17.5 Å². The van der Waals surface area contributed by atoms with Crippen LogP contribution in [0.25, 0.3) is 75.2 Å². The van der Waals surface area contributed by atoms with Crippen LogP contribution in [-0.2, 0) is 40.6 Å². The van der Waals surface area contributed by atoms with Crippen LogP contribution in [0.1, 0.15) is 143 Å². The minimum atomic E-state index is -0.101. The van der Waals surface area contributed by atoms with E-state index < -0.39 is 0 Å². The fraction of sp³-hybridized carbons (Fsp3) is 0.426. The largest absolute Gasteiger partial charge is 0.466 e. The summed E-state index contributed by atoms with van der Waals surface area (Å²) in [6, 6.07) is 26.9. The fourth-order valence-electron chi connectivity index (χ4n) is 11.1. The molecule has 0 atom stereocenters. The molecule has 1 aliphatic carbocycles. The Morgan fingerprint density at radius 2 is 1.01 bits per heavy atom. The second-order valence-corrected chi connectivity index (χ2v) is 23.4. The average Bonchev–Trinajstić information content (AvgIpc) is 4.29. The number of hydrogen-bond acceptors (Lipinski definition) is 14. The molecule has 11 nitrogen and oxygen atoms in total. The maximum Gasteiger partial charge on any atom is 0.305 e. The van der Waals surface area contributed by atoms with E-state index in [1.165, 1.54) is 81.5 Å². The van der Waals surface area contributed by atoms with Crippen LogP contribution in [0.4, 0.5) is 0 Å². The third-order valence-corrected chi connectivity index (χ3v) is 18.2. The molecule has 15 heteroatoms. The molecule has 0 aliphatic heterocycles. The van der Waals surface area contributed by atoms with E-state index in [1.807, 2.05) is 43.4 Å². The minimum Gasteiger partial charge on any atom is -0.466 e. The maximum absolute atomic E-state index is 11.9. The number of rotatable bonds is 23. The van der Waals surface area contributed by atoms with Gasteiger partial charge in [0.05, 0.1) is 43.3 Å². The summed E-state index contributed by atoms with van der Waals surface area (Å²) in [5.74, 6) is -0.298. The van der Waals surface area contributed by atoms with Crippen molar-refractivity contribution < 1.29 is 28.6 Å². The normalized spacial score (nSPS) is 12.6. The van der Waals surface area contributed by atoms with Crippen LogP contribution in [0, 0.1) is 27.7 Å². The molecule has 398 valence electrons. The molecule has 5 heterocycles. The number of esters is 3. The highest BCUT2D eigenvalue weighted by molar-refractivity contribution is 7.24. The van der Waals surface area contributed by atoms with Crippen LogP contribution in [-0.4, -0.2) is 59.8 Å². The van der Waals surface area contributed by atoms with E-state index in [2.05, 4.69) is 123 Å². The molecule has 5 aromatic heterocycles. The molecule has 0 unspecified atom stereocenters. The summed E-state index contributed by atoms with van der Waals surface area (Å²) >= 11 is 6.35. The van der Waals surface area contributed by atoms with Crippen LogP contribution >= 0.6 is 46.1 Å². The van der Waals surface area contributed by atoms with Gasteiger partial charge in [0.25, 0.3) is 0 Å². The number of aromatic nitrogens is 5. The number of carbonyl (C=O) groups is 3. The zero-order valence-corrected chi connectivity index (χ0v) is 48.2. The first kappa shape index (κ1) is 54.9. The lowest BCUT2D eigenvalue weighted by Crippen LogP contribution is -2.25. The van der Waals surface area contributed by atoms with Crippen molar-refractivity contribution in [2.45, 2.75) is 150 Å². The van der Waals surface area contributed by atoms with Gasteiger partial charge in [0.1, 0.15) is 22.1 Å². The molecule has 0 spiro atoms. The van der Waals surface area contributed by atoms with Crippen molar-refractivity contribution in [3.8, 4) is 31.3 Å². The van der Waals surface area contributed by atoms with E-state index in [4.69, 9.17) is 14.2 Å². The predicted octanol–water partition coefficient (Wildman–Crippen LogP) is 16.6. The Morgan fingerprint density at radius 3 is 1.61 bits per heavy atom. The Labute approximate surface area is 462 Å². The summed E-state index contributed by atoms with van der Waals surface area (Å²) < 4.78 is 36.1. The number of fused-ring (bicyclic) bond motifs is 8. The molecule has 9 aromatic rings. The van der Waals surface area contributed by atoms with Crippen LogP contribution in [0.15, 0.2) is 72.8 Å². The molecule has 1 aliphatic rings. The van der Waals surface area contributed by atoms with Crippen molar-refractivity contribution in [1.82, 2.24) is 22.1 Å². The van der Waals surface area contributed by atoms with Crippen LogP contribution in [0.3, 0.4) is 0 Å². The van der Waals surface area contributed by atoms with Gasteiger partial charge in [0, 0.05) is 83.7 Å². The molecule has 0 radical (unpaired) electrons. The second-order valence-electron chi connectivity index (χ2n) is 20.1. The van der Waals surface area contributed by atoms with Crippen molar-refractivity contribution in [1.29, 1.82) is 0 Å². The van der Waals surface area contributed by atoms with E-state index in [1.54, 1.807) is 0 Å². The Morgan fingerprint density at radius 1 is 0.513 bits per heavy atom. The Hall–Kier alpha value is -5.87. The number of aryl methyl sites for hydroxylation is 5. The third-order valence-electron chi connectivity index (χ3n) is 14.8. The average molecular weight is 1100 g/mol. The number of hydrogen-bond donors (Lipinski definition) is 0. The Bertz CT molecular complexity index is 3480. The Kier molecular flexibility index (Phi) is 18.1. The van der Waals surface area contributed by atoms with E-state index in [9.17, 15) is 14.4 Å². The number of carbonyl (C=O) groups excluding carboxylic acids is 3. The zero-order chi connectivity index (χ0) is 53.3. The minimum absolute atomic E-state index is 0.0673. The van der Waals surface area contributed by atoms with Gasteiger partial charge in [-0.05, 0) is 145 Å². The fourth-order valence-corrected chi connectivity index (χ4v) is 14.9. The molecule has 0 bridgehead atoms. The summed E-state index contributed by atoms with van der Waals surface area (Å²) in [7, 11) is 0. The number of benzene rings is 4. The van der Waals surface area contributed by atoms with Crippen molar-refractivity contribution in [2.75, 3.05) is 19.8 Å². The topological polar surface area (TPSA) is 135 Å². The summed E-state index contributed by atoms with van der Waals surface area (Å²) in [5.41, 5.74) is 16.3. The number of unbranched alkanes of at least 4 members (excludes halogenated alkanes) is 6. The quantitative estimate of drug-likeness (QED) is 0.0346. The first-order chi connectivity index (χ1) is 36.9. The SMILES string of the molecule is CCOC(=O)CCCCCC1(CCCCCC(=O)OCC)c2cc(C)sc2-c2sc(-c3ccc(C)c4nsnc34)cc21.CCOC(=O)CCCCCn1c2cc(C)ccc2c2ccc(-c3ccc(C)c4nsnc34)cc21. The molecular formula is C61H69N5O6S4. The van der Waals surface area contributed by atoms with Crippen molar-refractivity contribution in [2.24, 2.45) is 0 Å². The van der Waals surface area contributed by atoms with E-state index >= 15 is 0 Å². The Balaban J connectivity index is 0.000000190. The molecule has 0 N–H and O–H groups in total. The van der Waals surface area contributed by atoms with Crippen molar-refractivity contribution in [3.63, 3.8) is 0 Å². The highest BCUT2D eigenvalue weighted by Crippen LogP contribution is 2.61. The standard InChI is InChI=1S/C33H40N2O4S3.C28H29N3O2S/c1-5-38-27(36)13-9-7-11-17-33(18-12-8-10-14-28(37)39-6-2)24-19-22(4)40-31(24)32-25(33)20-26(41-32)23-16-15-21(3)29-30(23)35-42-34-29;1-4-33-26(32)8-6-5-7-15-31-24-16-18(2)9-12-22(24)23-14-11-20(17-25(23)31)21-13-10-19(3)27-28(21)30-34-29-27/h15-16,19-20H,5-14,17-18H2,1-4H3;9-14,16-17H,4-8,15H2,1-3H3. The molecule has 4 aromatic carbocycles. The van der Waals surface area contributed by atoms with Crippen LogP contribution in [0.5, 0.6) is 0 Å². The van der Waals surface area contributed by atoms with Crippen LogP contribution in [0.2, 0.25) is 0 Å². The van der Waals surface area contributed by atoms with Gasteiger partial charge in [-0.25, -0.2) is 0 Å². The third kappa shape index (κ3) is 11.8. The smallest absolute Gasteiger partial charge is 0.305 e. The lowest BCUT2D eigenvalue weighted by atomic mass is 9.71. The summed E-state index contributed by atoms with van der Waals surface area (Å²) in [6.07, 6.45) is 12.2. The van der Waals surface area contributed by atoms with Gasteiger partial charge in [-0.1, -0.05) is 80.6 Å². The predicted molar refractivity (Wildman–Crippen MR) is 314 cm³/mol. The molecule has 10 rings (SSSR count). The van der Waals surface area contributed by atoms with Crippen molar-refractivity contribution >= 4 is 108 Å². The van der Waals surface area contributed by atoms with E-state index in [-0.39, 0.29) is 23.3 Å². The summed E-state index contributed by atoms with van der Waals surface area (Å²) in [4.78, 5) is 40.9. The highest BCUT2D eigenvalue weighted by atomic mass is 32.1. The van der Waals surface area contributed by atoms with E-state index in [0.29, 0.717) is 39.1 Å². The van der Waals surface area contributed by atoms with Gasteiger partial charge in [-0.3, -0.25) is 14.4 Å². The van der Waals surface area contributed by atoms with Gasteiger partial charge >= 0.3 is 17.9 Å². The maximum atomic E-state index is 11.9. The molecule has 76 heavy (non-hydrogen) atoms. The number of nitrogens with zero attached hydrogens (tertiary/aromatic N) is 5. The molecular weight excluding hydrogens is 1030 g/mol. The molecule has 0 saturated carbocycles. The van der Waals surface area contributed by atoms with Crippen molar-refractivity contribution in [3.05, 3.63) is 105 Å². The van der Waals surface area contributed by atoms with Crippen LogP contribution < -0.4 is 0 Å². The monoisotopic (exact) mass is 1100 g/mol. The lowest BCUT2D eigenvalue weighted by Gasteiger charge is -2.31. The molecule has 0 saturated heterocycles. The van der Waals surface area contributed by atoms with Gasteiger partial charge in [0.2, 0.25) is 0 Å². The second kappa shape index (κ2) is 25.1. The lowest BCUT2D eigenvalue weighted by molar-refractivity contribution is -0.144. The molecule has 0 fully saturated rings. The van der Waals surface area contributed by atoms with Gasteiger partial charge in [-0.15, -0.1) is 22.7 Å². The summed E-state index contributed by atoms with van der Waals surface area (Å²) in [6.45, 7) is 16.3. The molecule has 0 amide bonds. The van der Waals surface area contributed by atoms with Gasteiger partial charge < -0.3 is 18.8 Å². The van der Waals surface area contributed by atoms with Gasteiger partial charge in [0.15, 0.2) is 0 Å².